The van der Waals surface area contributed by atoms with Gasteiger partial charge in [-0.2, -0.15) is 0 Å². The topological polar surface area (TPSA) is 93.8 Å². The molecule has 0 radical (unpaired) electrons. The Morgan fingerprint density at radius 3 is 2.52 bits per heavy atom. The van der Waals surface area contributed by atoms with Crippen LogP contribution in [0.1, 0.15) is 43.5 Å². The molecule has 0 aliphatic carbocycles. The number of carboxylic acid groups (broad SMARTS) is 1. The third kappa shape index (κ3) is 5.71. The van der Waals surface area contributed by atoms with Crippen molar-refractivity contribution < 1.29 is 28.1 Å². The van der Waals surface area contributed by atoms with Gasteiger partial charge in [0.05, 0.1) is 12.4 Å². The van der Waals surface area contributed by atoms with Crippen molar-refractivity contribution >= 4 is 22.7 Å². The van der Waals surface area contributed by atoms with Crippen LogP contribution in [0.2, 0.25) is 0 Å². The number of aromatic carboxylic acids is 1. The van der Waals surface area contributed by atoms with Gasteiger partial charge in [-0.25, -0.2) is 4.79 Å². The van der Waals surface area contributed by atoms with E-state index in [2.05, 4.69) is 0 Å². The van der Waals surface area contributed by atoms with Crippen molar-refractivity contribution in [3.05, 3.63) is 23.7 Å². The average molecular weight is 316 g/mol. The van der Waals surface area contributed by atoms with Gasteiger partial charge in [0.25, 0.3) is 0 Å². The average Bonchev–Trinajstić information content (AvgIpc) is 2.85. The van der Waals surface area contributed by atoms with Gasteiger partial charge in [0.2, 0.25) is 5.76 Å². The molecule has 1 N–H and O–H groups in total. The minimum absolute atomic E-state index is 0.0201. The van der Waals surface area contributed by atoms with E-state index in [0.29, 0.717) is 12.5 Å². The van der Waals surface area contributed by atoms with Crippen LogP contribution in [0.5, 0.6) is 0 Å². The van der Waals surface area contributed by atoms with E-state index in [0.717, 1.165) is 6.42 Å². The number of hydrogen-bond donors (Lipinski definition) is 1. The number of carbonyl (C=O) groups excluding carboxylic acids is 1. The summed E-state index contributed by atoms with van der Waals surface area (Å²) in [6, 6.07) is 2.73. The summed E-state index contributed by atoms with van der Waals surface area (Å²) in [4.78, 5) is 22.4. The molecule has 0 saturated carbocycles. The van der Waals surface area contributed by atoms with E-state index in [1.165, 1.54) is 19.1 Å². The van der Waals surface area contributed by atoms with Crippen LogP contribution in [0, 0.1) is 5.92 Å². The highest BCUT2D eigenvalue weighted by Gasteiger charge is 2.23. The lowest BCUT2D eigenvalue weighted by atomic mass is 10.1. The summed E-state index contributed by atoms with van der Waals surface area (Å²) >= 11 is 0. The Morgan fingerprint density at radius 1 is 1.33 bits per heavy atom. The van der Waals surface area contributed by atoms with E-state index >= 15 is 0 Å². The number of furan rings is 1. The summed E-state index contributed by atoms with van der Waals surface area (Å²) in [7, 11) is -1.52. The van der Waals surface area contributed by atoms with Gasteiger partial charge in [-0.3, -0.25) is 9.00 Å². The van der Waals surface area contributed by atoms with Gasteiger partial charge in [0, 0.05) is 10.8 Å². The van der Waals surface area contributed by atoms with Crippen molar-refractivity contribution in [2.45, 2.75) is 38.2 Å². The molecule has 1 rings (SSSR count). The lowest BCUT2D eigenvalue weighted by molar-refractivity contribution is -0.143. The largest absolute Gasteiger partial charge is 0.475 e. The standard InChI is InChI=1S/C14H20O6S/c1-9(2)6-7-19-14(17)10(3)21(18)8-11-4-5-12(20-11)13(15)16/h4-5,9-10H,6-8H2,1-3H3,(H,15,16). The summed E-state index contributed by atoms with van der Waals surface area (Å²) < 4.78 is 22.1. The molecule has 0 spiro atoms. The van der Waals surface area contributed by atoms with Gasteiger partial charge in [-0.1, -0.05) is 13.8 Å². The zero-order chi connectivity index (χ0) is 16.0. The number of ether oxygens (including phenoxy) is 1. The van der Waals surface area contributed by atoms with Crippen LogP contribution in [0.15, 0.2) is 16.5 Å². The first-order valence-electron chi connectivity index (χ1n) is 6.67. The third-order valence-corrected chi connectivity index (χ3v) is 4.37. The second-order valence-electron chi connectivity index (χ2n) is 5.09. The van der Waals surface area contributed by atoms with Gasteiger partial charge in [0.15, 0.2) is 0 Å². The van der Waals surface area contributed by atoms with Crippen molar-refractivity contribution in [1.82, 2.24) is 0 Å². The molecule has 0 saturated heterocycles. The Bertz CT molecular complexity index is 519. The first-order chi connectivity index (χ1) is 9.81. The maximum Gasteiger partial charge on any atom is 0.371 e. The second-order valence-corrected chi connectivity index (χ2v) is 6.85. The van der Waals surface area contributed by atoms with Gasteiger partial charge in [-0.05, 0) is 31.4 Å². The Kier molecular flexibility index (Phi) is 6.61. The smallest absolute Gasteiger partial charge is 0.371 e. The summed E-state index contributed by atoms with van der Waals surface area (Å²) in [5, 5.41) is 7.95. The summed E-state index contributed by atoms with van der Waals surface area (Å²) in [6.45, 7) is 5.87. The maximum absolute atomic E-state index is 12.0. The third-order valence-electron chi connectivity index (χ3n) is 2.82. The number of carbonyl (C=O) groups is 2. The van der Waals surface area contributed by atoms with E-state index in [4.69, 9.17) is 14.3 Å². The molecular formula is C14H20O6S. The zero-order valence-corrected chi connectivity index (χ0v) is 13.1. The van der Waals surface area contributed by atoms with Crippen molar-refractivity contribution in [2.24, 2.45) is 5.92 Å². The highest BCUT2D eigenvalue weighted by Crippen LogP contribution is 2.13. The maximum atomic E-state index is 12.0. The van der Waals surface area contributed by atoms with Crippen LogP contribution in [0.4, 0.5) is 0 Å². The Morgan fingerprint density at radius 2 is 2.00 bits per heavy atom. The number of rotatable bonds is 8. The van der Waals surface area contributed by atoms with E-state index in [9.17, 15) is 13.8 Å². The fourth-order valence-corrected chi connectivity index (χ4v) is 2.42. The molecule has 1 aromatic rings. The first-order valence-corrected chi connectivity index (χ1v) is 8.05. The van der Waals surface area contributed by atoms with Gasteiger partial charge in [-0.15, -0.1) is 0 Å². The molecule has 6 nitrogen and oxygen atoms in total. The highest BCUT2D eigenvalue weighted by molar-refractivity contribution is 7.85. The number of esters is 1. The first kappa shape index (κ1) is 17.4. The van der Waals surface area contributed by atoms with Crippen molar-refractivity contribution in [2.75, 3.05) is 6.61 Å². The molecule has 0 amide bonds. The molecule has 7 heteroatoms. The van der Waals surface area contributed by atoms with Crippen LogP contribution in [-0.2, 0) is 26.1 Å². The predicted octanol–water partition coefficient (Wildman–Crippen LogP) is 2.20. The summed E-state index contributed by atoms with van der Waals surface area (Å²) in [5.41, 5.74) is 0. The second kappa shape index (κ2) is 7.97. The molecule has 0 aliphatic rings. The quantitative estimate of drug-likeness (QED) is 0.739. The van der Waals surface area contributed by atoms with Crippen molar-refractivity contribution in [1.29, 1.82) is 0 Å². The Balaban J connectivity index is 2.49. The van der Waals surface area contributed by atoms with Crippen LogP contribution >= 0.6 is 0 Å². The Labute approximate surface area is 125 Å². The molecule has 0 bridgehead atoms. The molecule has 2 unspecified atom stereocenters. The monoisotopic (exact) mass is 316 g/mol. The molecule has 2 atom stereocenters. The van der Waals surface area contributed by atoms with Crippen molar-refractivity contribution in [3.63, 3.8) is 0 Å². The summed E-state index contributed by atoms with van der Waals surface area (Å²) in [5.74, 6) is -1.24. The zero-order valence-electron chi connectivity index (χ0n) is 12.3. The van der Waals surface area contributed by atoms with Crippen LogP contribution < -0.4 is 0 Å². The van der Waals surface area contributed by atoms with Gasteiger partial charge < -0.3 is 14.3 Å². The summed E-state index contributed by atoms with van der Waals surface area (Å²) in [6.07, 6.45) is 0.755. The van der Waals surface area contributed by atoms with Crippen molar-refractivity contribution in [3.8, 4) is 0 Å². The normalized spacial score (nSPS) is 13.9. The molecule has 0 aromatic carbocycles. The van der Waals surface area contributed by atoms with Gasteiger partial charge in [0.1, 0.15) is 11.0 Å². The van der Waals surface area contributed by atoms with E-state index in [-0.39, 0.29) is 17.3 Å². The van der Waals surface area contributed by atoms with Crippen LogP contribution in [0.25, 0.3) is 0 Å². The minimum Gasteiger partial charge on any atom is -0.475 e. The molecular weight excluding hydrogens is 296 g/mol. The molecule has 21 heavy (non-hydrogen) atoms. The number of hydrogen-bond acceptors (Lipinski definition) is 5. The fourth-order valence-electron chi connectivity index (χ4n) is 1.46. The van der Waals surface area contributed by atoms with Gasteiger partial charge >= 0.3 is 11.9 Å². The Hall–Kier alpha value is -1.63. The van der Waals surface area contributed by atoms with E-state index in [1.807, 2.05) is 13.8 Å². The SMILES string of the molecule is CC(C)CCOC(=O)C(C)S(=O)Cc1ccc(C(=O)O)o1. The highest BCUT2D eigenvalue weighted by atomic mass is 32.2. The molecule has 0 fully saturated rings. The molecule has 1 heterocycles. The molecule has 1 aromatic heterocycles. The molecule has 118 valence electrons. The van der Waals surface area contributed by atoms with E-state index in [1.54, 1.807) is 0 Å². The predicted molar refractivity (Wildman–Crippen MR) is 77.4 cm³/mol. The minimum atomic E-state index is -1.52. The molecule has 0 aliphatic heterocycles. The van der Waals surface area contributed by atoms with Crippen LogP contribution in [0.3, 0.4) is 0 Å². The number of carboxylic acids is 1. The lowest BCUT2D eigenvalue weighted by Crippen LogP contribution is -2.26. The van der Waals surface area contributed by atoms with Crippen LogP contribution in [-0.4, -0.2) is 33.1 Å². The fraction of sp³-hybridized carbons (Fsp3) is 0.571. The van der Waals surface area contributed by atoms with E-state index < -0.39 is 28.0 Å². The lowest BCUT2D eigenvalue weighted by Gasteiger charge is -2.11.